The van der Waals surface area contributed by atoms with Gasteiger partial charge in [0.1, 0.15) is 0 Å². The van der Waals surface area contributed by atoms with Crippen LogP contribution in [0.1, 0.15) is 20.8 Å². The summed E-state index contributed by atoms with van der Waals surface area (Å²) >= 11 is 7.27. The molecule has 2 rings (SSSR count). The van der Waals surface area contributed by atoms with Crippen LogP contribution in [-0.2, 0) is 11.3 Å². The fraction of sp³-hybridized carbons (Fsp3) is 0.438. The Kier molecular flexibility index (Phi) is 6.07. The number of benzene rings is 1. The first-order valence-corrected chi connectivity index (χ1v) is 8.88. The molecule has 5 nitrogen and oxygen atoms in total. The number of rotatable bonds is 6. The topological polar surface area (TPSA) is 64.0 Å². The van der Waals surface area contributed by atoms with Crippen LogP contribution in [0, 0.1) is 5.92 Å². The number of nitrogens with one attached hydrogen (secondary N) is 1. The van der Waals surface area contributed by atoms with Crippen LogP contribution in [-0.4, -0.2) is 27.8 Å². The first-order valence-electron chi connectivity index (χ1n) is 7.52. The second kappa shape index (κ2) is 7.84. The monoisotopic (exact) mass is 353 g/mol. The summed E-state index contributed by atoms with van der Waals surface area (Å²) in [7, 11) is 0. The molecule has 0 saturated heterocycles. The molecule has 23 heavy (non-hydrogen) atoms. The first-order chi connectivity index (χ1) is 10.9. The highest BCUT2D eigenvalue weighted by atomic mass is 35.5. The van der Waals surface area contributed by atoms with Gasteiger partial charge in [-0.05, 0) is 31.0 Å². The van der Waals surface area contributed by atoms with E-state index in [0.29, 0.717) is 40.1 Å². The fourth-order valence-electron chi connectivity index (χ4n) is 2.19. The van der Waals surface area contributed by atoms with Crippen molar-refractivity contribution in [3.05, 3.63) is 33.6 Å². The minimum Gasteiger partial charge on any atom is -0.356 e. The average molecular weight is 354 g/mol. The average Bonchev–Trinajstić information content (AvgIpc) is 2.48. The van der Waals surface area contributed by atoms with Gasteiger partial charge in [-0.25, -0.2) is 4.98 Å². The minimum absolute atomic E-state index is 0.0750. The van der Waals surface area contributed by atoms with E-state index >= 15 is 0 Å². The van der Waals surface area contributed by atoms with Crippen LogP contribution in [0.25, 0.3) is 10.9 Å². The minimum atomic E-state index is -0.0984. The zero-order chi connectivity index (χ0) is 17.0. The summed E-state index contributed by atoms with van der Waals surface area (Å²) in [6.07, 6.45) is 0. The molecule has 1 aromatic heterocycles. The van der Waals surface area contributed by atoms with Crippen molar-refractivity contribution in [2.24, 2.45) is 5.92 Å². The standard InChI is InChI=1S/C16H20ClN3O2S/c1-4-18-14(21)9-23-16-19-13-7-11(17)5-6-12(13)15(22)20(16)8-10(2)3/h5-7,10H,4,8-9H2,1-3H3,(H,18,21). The second-order valence-electron chi connectivity index (χ2n) is 5.61. The van der Waals surface area contributed by atoms with Gasteiger partial charge in [0.25, 0.3) is 5.56 Å². The number of amides is 1. The van der Waals surface area contributed by atoms with Crippen LogP contribution in [0.4, 0.5) is 0 Å². The van der Waals surface area contributed by atoms with Crippen molar-refractivity contribution in [2.45, 2.75) is 32.5 Å². The molecule has 0 fully saturated rings. The van der Waals surface area contributed by atoms with Gasteiger partial charge in [0.2, 0.25) is 5.91 Å². The van der Waals surface area contributed by atoms with E-state index in [4.69, 9.17) is 11.6 Å². The van der Waals surface area contributed by atoms with E-state index in [-0.39, 0.29) is 17.2 Å². The van der Waals surface area contributed by atoms with Crippen molar-refractivity contribution in [1.82, 2.24) is 14.9 Å². The molecular formula is C16H20ClN3O2S. The summed E-state index contributed by atoms with van der Waals surface area (Å²) in [5.41, 5.74) is 0.458. The molecule has 0 bridgehead atoms. The number of fused-ring (bicyclic) bond motifs is 1. The van der Waals surface area contributed by atoms with Crippen molar-refractivity contribution in [3.8, 4) is 0 Å². The summed E-state index contributed by atoms with van der Waals surface area (Å²) in [4.78, 5) is 29.0. The van der Waals surface area contributed by atoms with Gasteiger partial charge in [0.05, 0.1) is 16.7 Å². The van der Waals surface area contributed by atoms with Crippen LogP contribution >= 0.6 is 23.4 Å². The highest BCUT2D eigenvalue weighted by molar-refractivity contribution is 7.99. The van der Waals surface area contributed by atoms with Gasteiger partial charge < -0.3 is 5.32 Å². The van der Waals surface area contributed by atoms with Crippen LogP contribution in [0.15, 0.2) is 28.2 Å². The predicted octanol–water partition coefficient (Wildman–Crippen LogP) is 2.93. The van der Waals surface area contributed by atoms with E-state index in [0.717, 1.165) is 0 Å². The van der Waals surface area contributed by atoms with Gasteiger partial charge in [-0.3, -0.25) is 14.2 Å². The van der Waals surface area contributed by atoms with Gasteiger partial charge in [0, 0.05) is 18.1 Å². The van der Waals surface area contributed by atoms with Crippen molar-refractivity contribution in [2.75, 3.05) is 12.3 Å². The number of hydrogen-bond donors (Lipinski definition) is 1. The molecule has 0 atom stereocenters. The SMILES string of the molecule is CCNC(=O)CSc1nc2cc(Cl)ccc2c(=O)n1CC(C)C. The Morgan fingerprint density at radius 3 is 2.83 bits per heavy atom. The number of carbonyl (C=O) groups excluding carboxylic acids is 1. The normalized spacial score (nSPS) is 11.2. The van der Waals surface area contributed by atoms with Crippen LogP contribution in [0.2, 0.25) is 5.02 Å². The van der Waals surface area contributed by atoms with Crippen LogP contribution < -0.4 is 10.9 Å². The molecule has 0 unspecified atom stereocenters. The molecule has 0 saturated carbocycles. The Morgan fingerprint density at radius 2 is 2.17 bits per heavy atom. The highest BCUT2D eigenvalue weighted by Gasteiger charge is 2.14. The lowest BCUT2D eigenvalue weighted by Gasteiger charge is -2.15. The van der Waals surface area contributed by atoms with E-state index in [1.165, 1.54) is 11.8 Å². The van der Waals surface area contributed by atoms with E-state index < -0.39 is 0 Å². The Labute approximate surface area is 144 Å². The number of thioether (sulfide) groups is 1. The zero-order valence-corrected chi connectivity index (χ0v) is 15.0. The van der Waals surface area contributed by atoms with Crippen molar-refractivity contribution in [1.29, 1.82) is 0 Å². The molecular weight excluding hydrogens is 334 g/mol. The van der Waals surface area contributed by atoms with E-state index in [9.17, 15) is 9.59 Å². The van der Waals surface area contributed by atoms with Crippen LogP contribution in [0.3, 0.4) is 0 Å². The molecule has 7 heteroatoms. The van der Waals surface area contributed by atoms with E-state index in [1.807, 2.05) is 20.8 Å². The predicted molar refractivity (Wildman–Crippen MR) is 95.3 cm³/mol. The van der Waals surface area contributed by atoms with Crippen molar-refractivity contribution in [3.63, 3.8) is 0 Å². The summed E-state index contributed by atoms with van der Waals surface area (Å²) < 4.78 is 1.64. The molecule has 0 spiro atoms. The summed E-state index contributed by atoms with van der Waals surface area (Å²) in [6.45, 7) is 7.09. The first kappa shape index (κ1) is 17.8. The molecule has 1 N–H and O–H groups in total. The maximum absolute atomic E-state index is 12.7. The zero-order valence-electron chi connectivity index (χ0n) is 13.4. The Morgan fingerprint density at radius 1 is 1.43 bits per heavy atom. The molecule has 2 aromatic rings. The number of hydrogen-bond acceptors (Lipinski definition) is 4. The highest BCUT2D eigenvalue weighted by Crippen LogP contribution is 2.21. The maximum Gasteiger partial charge on any atom is 0.262 e. The molecule has 0 aliphatic heterocycles. The quantitative estimate of drug-likeness (QED) is 0.640. The molecule has 1 aromatic carbocycles. The molecule has 1 amide bonds. The van der Waals surface area contributed by atoms with Gasteiger partial charge in [-0.2, -0.15) is 0 Å². The van der Waals surface area contributed by atoms with Crippen LogP contribution in [0.5, 0.6) is 0 Å². The third-order valence-electron chi connectivity index (χ3n) is 3.14. The number of halogens is 1. The number of carbonyl (C=O) groups is 1. The van der Waals surface area contributed by atoms with Gasteiger partial charge in [-0.15, -0.1) is 0 Å². The summed E-state index contributed by atoms with van der Waals surface area (Å²) in [5.74, 6) is 0.446. The Balaban J connectivity index is 2.46. The van der Waals surface area contributed by atoms with Gasteiger partial charge >= 0.3 is 0 Å². The lowest BCUT2D eigenvalue weighted by Crippen LogP contribution is -2.27. The fourth-order valence-corrected chi connectivity index (χ4v) is 3.19. The number of aromatic nitrogens is 2. The molecule has 0 aliphatic rings. The maximum atomic E-state index is 12.7. The van der Waals surface area contributed by atoms with Crippen molar-refractivity contribution >= 4 is 40.2 Å². The smallest absolute Gasteiger partial charge is 0.262 e. The number of nitrogens with zero attached hydrogens (tertiary/aromatic N) is 2. The molecule has 1 heterocycles. The lowest BCUT2D eigenvalue weighted by atomic mass is 10.2. The Bertz CT molecular complexity index is 774. The largest absolute Gasteiger partial charge is 0.356 e. The summed E-state index contributed by atoms with van der Waals surface area (Å²) in [6, 6.07) is 5.06. The van der Waals surface area contributed by atoms with E-state index in [1.54, 1.807) is 22.8 Å². The summed E-state index contributed by atoms with van der Waals surface area (Å²) in [5, 5.41) is 4.36. The second-order valence-corrected chi connectivity index (χ2v) is 6.99. The van der Waals surface area contributed by atoms with E-state index in [2.05, 4.69) is 10.3 Å². The van der Waals surface area contributed by atoms with Gasteiger partial charge in [0.15, 0.2) is 5.16 Å². The molecule has 0 radical (unpaired) electrons. The third kappa shape index (κ3) is 4.48. The van der Waals surface area contributed by atoms with Gasteiger partial charge in [-0.1, -0.05) is 37.2 Å². The molecule has 124 valence electrons. The van der Waals surface area contributed by atoms with Crippen molar-refractivity contribution < 1.29 is 4.79 Å². The molecule has 0 aliphatic carbocycles. The third-order valence-corrected chi connectivity index (χ3v) is 4.35. The Hall–Kier alpha value is -1.53. The lowest BCUT2D eigenvalue weighted by molar-refractivity contribution is -0.118.